The molecule has 0 unspecified atom stereocenters. The van der Waals surface area contributed by atoms with Gasteiger partial charge in [0.25, 0.3) is 5.69 Å². The van der Waals surface area contributed by atoms with E-state index in [-0.39, 0.29) is 11.7 Å². The lowest BCUT2D eigenvalue weighted by Gasteiger charge is -2.26. The number of carboxylic acid groups (broad SMARTS) is 1. The number of nitrogens with zero attached hydrogens (tertiary/aromatic N) is 1. The topological polar surface area (TPSA) is 89.7 Å². The van der Waals surface area contributed by atoms with E-state index < -0.39 is 16.6 Å². The van der Waals surface area contributed by atoms with E-state index in [9.17, 15) is 14.9 Å². The van der Waals surface area contributed by atoms with Gasteiger partial charge in [0.2, 0.25) is 0 Å². The van der Waals surface area contributed by atoms with Crippen LogP contribution in [0.3, 0.4) is 0 Å². The van der Waals surface area contributed by atoms with E-state index in [1.54, 1.807) is 0 Å². The molecule has 0 spiro atoms. The van der Waals surface area contributed by atoms with Gasteiger partial charge in [-0.25, -0.2) is 4.79 Å². The van der Waals surface area contributed by atoms with Crippen molar-refractivity contribution in [1.29, 1.82) is 0 Å². The van der Waals surface area contributed by atoms with Crippen LogP contribution in [0.15, 0.2) is 18.2 Å². The molecule has 6 nitrogen and oxygen atoms in total. The van der Waals surface area contributed by atoms with Crippen molar-refractivity contribution in [2.24, 2.45) is 0 Å². The largest absolute Gasteiger partial charge is 0.490 e. The van der Waals surface area contributed by atoms with Gasteiger partial charge in [0.15, 0.2) is 0 Å². The van der Waals surface area contributed by atoms with Crippen LogP contribution in [0.25, 0.3) is 0 Å². The van der Waals surface area contributed by atoms with Crippen molar-refractivity contribution in [3.63, 3.8) is 0 Å². The lowest BCUT2D eigenvalue weighted by atomic mass is 9.96. The minimum atomic E-state index is -1.32. The number of nitro benzene ring substituents is 1. The molecule has 0 atom stereocenters. The molecule has 1 N–H and O–H groups in total. The number of aromatic carboxylic acids is 1. The highest BCUT2D eigenvalue weighted by Crippen LogP contribution is 2.28. The second-order valence-electron chi connectivity index (χ2n) is 3.91. The smallest absolute Gasteiger partial charge is 0.342 e. The number of benzene rings is 1. The minimum Gasteiger partial charge on any atom is -0.490 e. The fourth-order valence-corrected chi connectivity index (χ4v) is 1.60. The number of carbonyl (C=O) groups is 1. The highest BCUT2D eigenvalue weighted by molar-refractivity contribution is 5.92. The van der Waals surface area contributed by atoms with Crippen LogP contribution in [-0.4, -0.2) is 22.1 Å². The maximum Gasteiger partial charge on any atom is 0.342 e. The number of carboxylic acids is 1. The van der Waals surface area contributed by atoms with E-state index in [4.69, 9.17) is 9.84 Å². The standard InChI is InChI=1S/C11H11NO5/c13-11(14)9-6-8(17-7-2-1-3-7)4-5-10(9)12(15)16/h4-7H,1-3H2,(H,13,14). The van der Waals surface area contributed by atoms with E-state index in [1.807, 2.05) is 0 Å². The second-order valence-corrected chi connectivity index (χ2v) is 3.91. The zero-order valence-corrected chi connectivity index (χ0v) is 8.96. The Hall–Kier alpha value is -2.11. The third kappa shape index (κ3) is 2.35. The molecule has 90 valence electrons. The summed E-state index contributed by atoms with van der Waals surface area (Å²) in [5, 5.41) is 19.5. The molecule has 0 aromatic heterocycles. The molecule has 1 aromatic carbocycles. The predicted octanol–water partition coefficient (Wildman–Crippen LogP) is 2.22. The van der Waals surface area contributed by atoms with Crippen molar-refractivity contribution >= 4 is 11.7 Å². The van der Waals surface area contributed by atoms with Crippen LogP contribution in [0.2, 0.25) is 0 Å². The molecule has 0 saturated heterocycles. The van der Waals surface area contributed by atoms with E-state index in [0.717, 1.165) is 25.3 Å². The van der Waals surface area contributed by atoms with Crippen molar-refractivity contribution in [3.8, 4) is 5.75 Å². The molecule has 1 fully saturated rings. The van der Waals surface area contributed by atoms with Gasteiger partial charge >= 0.3 is 5.97 Å². The molecule has 0 heterocycles. The summed E-state index contributed by atoms with van der Waals surface area (Å²) in [4.78, 5) is 20.8. The Morgan fingerprint density at radius 3 is 2.65 bits per heavy atom. The zero-order valence-electron chi connectivity index (χ0n) is 8.96. The van der Waals surface area contributed by atoms with Gasteiger partial charge in [0.1, 0.15) is 11.3 Å². The molecule has 1 aliphatic carbocycles. The van der Waals surface area contributed by atoms with Crippen LogP contribution < -0.4 is 4.74 Å². The molecule has 17 heavy (non-hydrogen) atoms. The van der Waals surface area contributed by atoms with Gasteiger partial charge in [-0.1, -0.05) is 0 Å². The first-order chi connectivity index (χ1) is 8.08. The quantitative estimate of drug-likeness (QED) is 0.640. The first-order valence-electron chi connectivity index (χ1n) is 5.26. The van der Waals surface area contributed by atoms with Crippen molar-refractivity contribution in [2.45, 2.75) is 25.4 Å². The van der Waals surface area contributed by atoms with Crippen LogP contribution in [0, 0.1) is 10.1 Å². The summed E-state index contributed by atoms with van der Waals surface area (Å²) in [6, 6.07) is 3.80. The Balaban J connectivity index is 2.27. The van der Waals surface area contributed by atoms with E-state index in [1.165, 1.54) is 12.1 Å². The summed E-state index contributed by atoms with van der Waals surface area (Å²) >= 11 is 0. The Kier molecular flexibility index (Phi) is 2.95. The van der Waals surface area contributed by atoms with Crippen LogP contribution in [0.4, 0.5) is 5.69 Å². The second kappa shape index (κ2) is 4.40. The van der Waals surface area contributed by atoms with E-state index in [0.29, 0.717) is 5.75 Å². The van der Waals surface area contributed by atoms with Gasteiger partial charge in [-0.3, -0.25) is 10.1 Å². The fourth-order valence-electron chi connectivity index (χ4n) is 1.60. The number of nitro groups is 1. The SMILES string of the molecule is O=C(O)c1cc(OC2CCC2)ccc1[N+](=O)[O-]. The summed E-state index contributed by atoms with van der Waals surface area (Å²) < 4.78 is 5.49. The molecule has 1 aliphatic rings. The van der Waals surface area contributed by atoms with Crippen LogP contribution >= 0.6 is 0 Å². The van der Waals surface area contributed by atoms with E-state index in [2.05, 4.69) is 0 Å². The predicted molar refractivity (Wildman–Crippen MR) is 58.3 cm³/mol. The molecular formula is C11H11NO5. The average molecular weight is 237 g/mol. The highest BCUT2D eigenvalue weighted by atomic mass is 16.6. The number of ether oxygens (including phenoxy) is 1. The monoisotopic (exact) mass is 237 g/mol. The molecular weight excluding hydrogens is 226 g/mol. The molecule has 1 saturated carbocycles. The summed E-state index contributed by atoms with van der Waals surface area (Å²) in [5.74, 6) is -0.951. The summed E-state index contributed by atoms with van der Waals surface area (Å²) in [6.45, 7) is 0. The highest BCUT2D eigenvalue weighted by Gasteiger charge is 2.23. The number of hydrogen-bond donors (Lipinski definition) is 1. The maximum absolute atomic E-state index is 10.9. The Labute approximate surface area is 97.0 Å². The molecule has 2 rings (SSSR count). The van der Waals surface area contributed by atoms with Crippen molar-refractivity contribution in [1.82, 2.24) is 0 Å². The van der Waals surface area contributed by atoms with Crippen molar-refractivity contribution in [2.75, 3.05) is 0 Å². The van der Waals surface area contributed by atoms with Gasteiger partial charge in [-0.05, 0) is 25.3 Å². The molecule has 1 aromatic rings. The van der Waals surface area contributed by atoms with E-state index >= 15 is 0 Å². The molecule has 0 amide bonds. The van der Waals surface area contributed by atoms with Crippen LogP contribution in [0.5, 0.6) is 5.75 Å². The third-order valence-electron chi connectivity index (χ3n) is 2.75. The molecule has 6 heteroatoms. The maximum atomic E-state index is 10.9. The summed E-state index contributed by atoms with van der Waals surface area (Å²) in [5.41, 5.74) is -0.759. The van der Waals surface area contributed by atoms with Crippen LogP contribution in [0.1, 0.15) is 29.6 Å². The van der Waals surface area contributed by atoms with Gasteiger partial charge in [-0.15, -0.1) is 0 Å². The first kappa shape index (κ1) is 11.4. The molecule has 0 bridgehead atoms. The van der Waals surface area contributed by atoms with Gasteiger partial charge in [-0.2, -0.15) is 0 Å². The fraction of sp³-hybridized carbons (Fsp3) is 0.364. The Morgan fingerprint density at radius 2 is 2.18 bits per heavy atom. The lowest BCUT2D eigenvalue weighted by molar-refractivity contribution is -0.385. The minimum absolute atomic E-state index is 0.109. The summed E-state index contributed by atoms with van der Waals surface area (Å²) in [6.07, 6.45) is 3.10. The van der Waals surface area contributed by atoms with Gasteiger partial charge in [0.05, 0.1) is 11.0 Å². The zero-order chi connectivity index (χ0) is 12.4. The molecule has 0 radical (unpaired) electrons. The number of rotatable bonds is 4. The third-order valence-corrected chi connectivity index (χ3v) is 2.75. The first-order valence-corrected chi connectivity index (χ1v) is 5.26. The normalized spacial score (nSPS) is 15.1. The van der Waals surface area contributed by atoms with Crippen molar-refractivity contribution in [3.05, 3.63) is 33.9 Å². The van der Waals surface area contributed by atoms with Gasteiger partial charge < -0.3 is 9.84 Å². The van der Waals surface area contributed by atoms with Gasteiger partial charge in [0, 0.05) is 12.1 Å². The van der Waals surface area contributed by atoms with Crippen LogP contribution in [-0.2, 0) is 0 Å². The Morgan fingerprint density at radius 1 is 1.47 bits per heavy atom. The average Bonchev–Trinajstić information content (AvgIpc) is 2.23. The van der Waals surface area contributed by atoms with Crippen molar-refractivity contribution < 1.29 is 19.6 Å². The number of hydrogen-bond acceptors (Lipinski definition) is 4. The lowest BCUT2D eigenvalue weighted by Crippen LogP contribution is -2.24. The summed E-state index contributed by atoms with van der Waals surface area (Å²) in [7, 11) is 0. The molecule has 0 aliphatic heterocycles. The Bertz CT molecular complexity index is 467.